The maximum atomic E-state index is 11.7. The van der Waals surface area contributed by atoms with Gasteiger partial charge in [-0.1, -0.05) is 24.3 Å². The van der Waals surface area contributed by atoms with Crippen molar-refractivity contribution in [3.63, 3.8) is 0 Å². The standard InChI is InChI=1S/C16H22N2OS/c1-20-8-4-7-17-16(19)18-10-14-13-9-11-5-2-3-6-12(11)15(13)14/h2-3,5-6,13-15H,4,7-10H2,1H3,(H2,17,18,19). The lowest BCUT2D eigenvalue weighted by Gasteiger charge is -2.10. The molecular weight excluding hydrogens is 268 g/mol. The average molecular weight is 290 g/mol. The predicted molar refractivity (Wildman–Crippen MR) is 84.3 cm³/mol. The molecule has 3 atom stereocenters. The van der Waals surface area contributed by atoms with E-state index in [0.29, 0.717) is 11.8 Å². The molecule has 1 saturated carbocycles. The second-order valence-electron chi connectivity index (χ2n) is 5.74. The van der Waals surface area contributed by atoms with Crippen LogP contribution in [0.4, 0.5) is 4.79 Å². The minimum absolute atomic E-state index is 0.00985. The first-order chi connectivity index (χ1) is 9.81. The Hall–Kier alpha value is -1.16. The van der Waals surface area contributed by atoms with Crippen LogP contribution in [0.1, 0.15) is 23.5 Å². The first-order valence-corrected chi connectivity index (χ1v) is 8.79. The highest BCUT2D eigenvalue weighted by Crippen LogP contribution is 2.60. The van der Waals surface area contributed by atoms with Gasteiger partial charge in [0.05, 0.1) is 0 Å². The molecule has 3 nitrogen and oxygen atoms in total. The van der Waals surface area contributed by atoms with Crippen LogP contribution in [-0.2, 0) is 6.42 Å². The third kappa shape index (κ3) is 2.80. The van der Waals surface area contributed by atoms with E-state index in [9.17, 15) is 4.79 Å². The number of rotatable bonds is 6. The Kier molecular flexibility index (Phi) is 4.20. The molecule has 2 aliphatic carbocycles. The van der Waals surface area contributed by atoms with Gasteiger partial charge in [-0.2, -0.15) is 11.8 Å². The second kappa shape index (κ2) is 6.08. The minimum atomic E-state index is -0.00985. The molecular formula is C16H22N2OS. The molecule has 0 radical (unpaired) electrons. The van der Waals surface area contributed by atoms with Crippen molar-refractivity contribution in [2.24, 2.45) is 11.8 Å². The summed E-state index contributed by atoms with van der Waals surface area (Å²) in [6.07, 6.45) is 4.32. The largest absolute Gasteiger partial charge is 0.338 e. The van der Waals surface area contributed by atoms with Gasteiger partial charge in [0, 0.05) is 13.1 Å². The molecule has 2 N–H and O–H groups in total. The van der Waals surface area contributed by atoms with Crippen molar-refractivity contribution in [2.45, 2.75) is 18.8 Å². The van der Waals surface area contributed by atoms with E-state index < -0.39 is 0 Å². The number of amides is 2. The van der Waals surface area contributed by atoms with Crippen LogP contribution in [0.3, 0.4) is 0 Å². The van der Waals surface area contributed by atoms with E-state index >= 15 is 0 Å². The Morgan fingerprint density at radius 2 is 2.20 bits per heavy atom. The Balaban J connectivity index is 1.39. The molecule has 0 heterocycles. The van der Waals surface area contributed by atoms with Gasteiger partial charge in [-0.15, -0.1) is 0 Å². The Bertz CT molecular complexity index is 491. The number of carbonyl (C=O) groups excluding carboxylic acids is 1. The molecule has 20 heavy (non-hydrogen) atoms. The summed E-state index contributed by atoms with van der Waals surface area (Å²) >= 11 is 1.81. The van der Waals surface area contributed by atoms with Crippen LogP contribution in [0.25, 0.3) is 0 Å². The van der Waals surface area contributed by atoms with Crippen LogP contribution in [-0.4, -0.2) is 31.1 Å². The molecule has 0 bridgehead atoms. The topological polar surface area (TPSA) is 41.1 Å². The molecule has 3 rings (SSSR count). The van der Waals surface area contributed by atoms with E-state index in [1.165, 1.54) is 17.5 Å². The highest BCUT2D eigenvalue weighted by Gasteiger charge is 2.54. The van der Waals surface area contributed by atoms with Gasteiger partial charge in [0.2, 0.25) is 0 Å². The Morgan fingerprint density at radius 1 is 1.35 bits per heavy atom. The molecule has 4 heteroatoms. The fourth-order valence-electron chi connectivity index (χ4n) is 3.45. The zero-order valence-corrected chi connectivity index (χ0v) is 12.7. The number of benzene rings is 1. The second-order valence-corrected chi connectivity index (χ2v) is 6.73. The van der Waals surface area contributed by atoms with Crippen LogP contribution in [0, 0.1) is 11.8 Å². The van der Waals surface area contributed by atoms with Crippen molar-refractivity contribution >= 4 is 17.8 Å². The molecule has 1 aromatic rings. The molecule has 1 aromatic carbocycles. The first-order valence-electron chi connectivity index (χ1n) is 7.39. The van der Waals surface area contributed by atoms with E-state index in [0.717, 1.165) is 31.2 Å². The number of carbonyl (C=O) groups is 1. The van der Waals surface area contributed by atoms with Gasteiger partial charge in [0.25, 0.3) is 0 Å². The normalized spacial score (nSPS) is 25.8. The van der Waals surface area contributed by atoms with Crippen molar-refractivity contribution in [2.75, 3.05) is 25.1 Å². The summed E-state index contributed by atoms with van der Waals surface area (Å²) in [6.45, 7) is 1.59. The number of hydrogen-bond donors (Lipinski definition) is 2. The molecule has 0 aromatic heterocycles. The van der Waals surface area contributed by atoms with Gasteiger partial charge in [0.15, 0.2) is 0 Å². The van der Waals surface area contributed by atoms with Gasteiger partial charge in [-0.05, 0) is 53.7 Å². The molecule has 3 unspecified atom stereocenters. The summed E-state index contributed by atoms with van der Waals surface area (Å²) in [5.41, 5.74) is 3.03. The third-order valence-corrected chi connectivity index (χ3v) is 5.21. The molecule has 2 aliphatic rings. The van der Waals surface area contributed by atoms with Gasteiger partial charge in [-0.3, -0.25) is 0 Å². The van der Waals surface area contributed by atoms with Crippen LogP contribution < -0.4 is 10.6 Å². The third-order valence-electron chi connectivity index (χ3n) is 4.51. The van der Waals surface area contributed by atoms with Crippen LogP contribution in [0.5, 0.6) is 0 Å². The summed E-state index contributed by atoms with van der Waals surface area (Å²) in [6, 6.07) is 8.73. The quantitative estimate of drug-likeness (QED) is 0.791. The zero-order valence-electron chi connectivity index (χ0n) is 11.9. The van der Waals surface area contributed by atoms with E-state index in [-0.39, 0.29) is 6.03 Å². The lowest BCUT2D eigenvalue weighted by Crippen LogP contribution is -2.37. The van der Waals surface area contributed by atoms with Gasteiger partial charge in [-0.25, -0.2) is 4.79 Å². The molecule has 0 spiro atoms. The van der Waals surface area contributed by atoms with Crippen molar-refractivity contribution in [1.82, 2.24) is 10.6 Å². The van der Waals surface area contributed by atoms with Crippen LogP contribution in [0.2, 0.25) is 0 Å². The number of urea groups is 1. The zero-order chi connectivity index (χ0) is 13.9. The van der Waals surface area contributed by atoms with E-state index in [4.69, 9.17) is 0 Å². The van der Waals surface area contributed by atoms with Crippen molar-refractivity contribution < 1.29 is 4.79 Å². The van der Waals surface area contributed by atoms with E-state index in [2.05, 4.69) is 41.2 Å². The predicted octanol–water partition coefficient (Wildman–Crippen LogP) is 2.62. The fraction of sp³-hybridized carbons (Fsp3) is 0.562. The van der Waals surface area contributed by atoms with Gasteiger partial charge in [0.1, 0.15) is 0 Å². The highest BCUT2D eigenvalue weighted by molar-refractivity contribution is 7.98. The summed E-state index contributed by atoms with van der Waals surface area (Å²) in [4.78, 5) is 11.7. The molecule has 2 amide bonds. The van der Waals surface area contributed by atoms with Crippen molar-refractivity contribution in [1.29, 1.82) is 0 Å². The summed E-state index contributed by atoms with van der Waals surface area (Å²) in [5, 5.41) is 5.95. The van der Waals surface area contributed by atoms with Crippen molar-refractivity contribution in [3.8, 4) is 0 Å². The Morgan fingerprint density at radius 3 is 3.05 bits per heavy atom. The highest BCUT2D eigenvalue weighted by atomic mass is 32.2. The lowest BCUT2D eigenvalue weighted by molar-refractivity contribution is 0.240. The summed E-state index contributed by atoms with van der Waals surface area (Å²) < 4.78 is 0. The number of thioether (sulfide) groups is 1. The summed E-state index contributed by atoms with van der Waals surface area (Å²) in [5.74, 6) is 3.22. The maximum absolute atomic E-state index is 11.7. The fourth-order valence-corrected chi connectivity index (χ4v) is 3.89. The van der Waals surface area contributed by atoms with Crippen molar-refractivity contribution in [3.05, 3.63) is 35.4 Å². The molecule has 1 fully saturated rings. The number of fused-ring (bicyclic) bond motifs is 3. The number of nitrogens with one attached hydrogen (secondary N) is 2. The lowest BCUT2D eigenvalue weighted by atomic mass is 10.0. The Labute approximate surface area is 124 Å². The smallest absolute Gasteiger partial charge is 0.314 e. The summed E-state index contributed by atoms with van der Waals surface area (Å²) in [7, 11) is 0. The molecule has 0 saturated heterocycles. The SMILES string of the molecule is CSCCCNC(=O)NCC1C2Cc3ccccc3C12. The average Bonchev–Trinajstić information content (AvgIpc) is 3.00. The van der Waals surface area contributed by atoms with Gasteiger partial charge < -0.3 is 10.6 Å². The van der Waals surface area contributed by atoms with Crippen LogP contribution in [0.15, 0.2) is 24.3 Å². The number of hydrogen-bond acceptors (Lipinski definition) is 2. The minimum Gasteiger partial charge on any atom is -0.338 e. The van der Waals surface area contributed by atoms with E-state index in [1.807, 2.05) is 11.8 Å². The maximum Gasteiger partial charge on any atom is 0.314 e. The first kappa shape index (κ1) is 13.8. The van der Waals surface area contributed by atoms with Gasteiger partial charge >= 0.3 is 6.03 Å². The molecule has 0 aliphatic heterocycles. The van der Waals surface area contributed by atoms with Crippen LogP contribution >= 0.6 is 11.8 Å². The van der Waals surface area contributed by atoms with E-state index in [1.54, 1.807) is 0 Å². The molecule has 108 valence electrons. The monoisotopic (exact) mass is 290 g/mol.